The normalized spacial score (nSPS) is 10.0. The summed E-state index contributed by atoms with van der Waals surface area (Å²) in [6, 6.07) is 0. The molecule has 112 valence electrons. The zero-order valence-electron chi connectivity index (χ0n) is 11.9. The van der Waals surface area contributed by atoms with Crippen molar-refractivity contribution in [2.24, 2.45) is 0 Å². The van der Waals surface area contributed by atoms with E-state index in [4.69, 9.17) is 19.7 Å². The molecule has 0 saturated heterocycles. The monoisotopic (exact) mass is 266 g/mol. The quantitative estimate of drug-likeness (QED) is 0.520. The van der Waals surface area contributed by atoms with E-state index in [-0.39, 0.29) is 13.2 Å². The fourth-order valence-electron chi connectivity index (χ4n) is 1.11. The van der Waals surface area contributed by atoms with E-state index in [2.05, 4.69) is 11.7 Å². The predicted octanol–water partition coefficient (Wildman–Crippen LogP) is 1.22. The van der Waals surface area contributed by atoms with Crippen molar-refractivity contribution in [2.45, 2.75) is 32.6 Å². The van der Waals surface area contributed by atoms with Crippen LogP contribution in [0.25, 0.3) is 0 Å². The van der Waals surface area contributed by atoms with Gasteiger partial charge in [0.15, 0.2) is 0 Å². The fourth-order valence-corrected chi connectivity index (χ4v) is 1.11. The average Bonchev–Trinajstić information content (AvgIpc) is 2.40. The van der Waals surface area contributed by atoms with Crippen molar-refractivity contribution >= 4 is 0 Å². The summed E-state index contributed by atoms with van der Waals surface area (Å²) >= 11 is 0. The number of methoxy groups -OCH3 is 1. The Morgan fingerprint density at radius 1 is 0.722 bits per heavy atom. The molecule has 0 radical (unpaired) electrons. The Morgan fingerprint density at radius 2 is 1.33 bits per heavy atom. The Kier molecular flexibility index (Phi) is 24.6. The molecule has 5 nitrogen and oxygen atoms in total. The first-order valence-electron chi connectivity index (χ1n) is 6.69. The molecule has 0 heterocycles. The first kappa shape index (κ1) is 20.1. The predicted molar refractivity (Wildman–Crippen MR) is 71.8 cm³/mol. The van der Waals surface area contributed by atoms with Crippen molar-refractivity contribution in [1.82, 2.24) is 0 Å². The van der Waals surface area contributed by atoms with E-state index in [0.717, 1.165) is 13.0 Å². The molecule has 0 bridgehead atoms. The SMILES string of the molecule is CCCCCCOCCO.COCCOCCO. The van der Waals surface area contributed by atoms with Crippen LogP contribution in [-0.4, -0.2) is 63.6 Å². The van der Waals surface area contributed by atoms with Gasteiger partial charge < -0.3 is 24.4 Å². The number of hydrogen-bond donors (Lipinski definition) is 2. The number of unbranched alkanes of at least 4 members (excludes halogenated alkanes) is 3. The summed E-state index contributed by atoms with van der Waals surface area (Å²) in [5.41, 5.74) is 0. The molecule has 0 saturated carbocycles. The van der Waals surface area contributed by atoms with E-state index in [0.29, 0.717) is 26.4 Å². The van der Waals surface area contributed by atoms with Crippen molar-refractivity contribution in [1.29, 1.82) is 0 Å². The van der Waals surface area contributed by atoms with Crippen LogP contribution in [0.2, 0.25) is 0 Å². The molecular formula is C13H30O5. The highest BCUT2D eigenvalue weighted by atomic mass is 16.5. The van der Waals surface area contributed by atoms with Gasteiger partial charge in [-0.05, 0) is 6.42 Å². The van der Waals surface area contributed by atoms with Crippen molar-refractivity contribution in [2.75, 3.05) is 53.4 Å². The molecule has 0 rings (SSSR count). The lowest BCUT2D eigenvalue weighted by Gasteiger charge is -2.00. The molecule has 0 aromatic carbocycles. The highest BCUT2D eigenvalue weighted by Gasteiger charge is 1.87. The Hall–Kier alpha value is -0.200. The second kappa shape index (κ2) is 22.0. The standard InChI is InChI=1S/C8H18O2.C5H12O3/c1-2-3-4-5-7-10-8-6-9;1-7-4-5-8-3-2-6/h9H,2-8H2,1H3;6H,2-5H2,1H3. The van der Waals surface area contributed by atoms with Crippen LogP contribution in [0, 0.1) is 0 Å². The number of hydrogen-bond acceptors (Lipinski definition) is 5. The van der Waals surface area contributed by atoms with Gasteiger partial charge in [0.1, 0.15) is 0 Å². The molecule has 0 aliphatic rings. The summed E-state index contributed by atoms with van der Waals surface area (Å²) in [5.74, 6) is 0. The van der Waals surface area contributed by atoms with Crippen molar-refractivity contribution < 1.29 is 24.4 Å². The zero-order chi connectivity index (χ0) is 13.9. The third-order valence-electron chi connectivity index (χ3n) is 2.05. The van der Waals surface area contributed by atoms with Crippen LogP contribution in [-0.2, 0) is 14.2 Å². The first-order chi connectivity index (χ1) is 8.83. The maximum Gasteiger partial charge on any atom is 0.0701 e. The Labute approximate surface area is 111 Å². The summed E-state index contributed by atoms with van der Waals surface area (Å²) in [6.45, 7) is 5.29. The molecule has 0 unspecified atom stereocenters. The van der Waals surface area contributed by atoms with Gasteiger partial charge in [-0.1, -0.05) is 26.2 Å². The number of rotatable bonds is 12. The summed E-state index contributed by atoms with van der Waals surface area (Å²) in [5, 5.41) is 16.5. The van der Waals surface area contributed by atoms with Gasteiger partial charge >= 0.3 is 0 Å². The van der Waals surface area contributed by atoms with Gasteiger partial charge in [0.05, 0.1) is 39.6 Å². The van der Waals surface area contributed by atoms with E-state index in [1.54, 1.807) is 7.11 Å². The summed E-state index contributed by atoms with van der Waals surface area (Å²) in [6.07, 6.45) is 4.94. The lowest BCUT2D eigenvalue weighted by atomic mass is 10.2. The smallest absolute Gasteiger partial charge is 0.0701 e. The molecular weight excluding hydrogens is 236 g/mol. The Balaban J connectivity index is 0. The van der Waals surface area contributed by atoms with Crippen molar-refractivity contribution in [3.05, 3.63) is 0 Å². The van der Waals surface area contributed by atoms with Crippen LogP contribution in [0.1, 0.15) is 32.6 Å². The number of aliphatic hydroxyl groups is 2. The van der Waals surface area contributed by atoms with Crippen LogP contribution < -0.4 is 0 Å². The lowest BCUT2D eigenvalue weighted by Crippen LogP contribution is -2.05. The minimum atomic E-state index is 0.0870. The van der Waals surface area contributed by atoms with E-state index >= 15 is 0 Å². The van der Waals surface area contributed by atoms with Crippen molar-refractivity contribution in [3.8, 4) is 0 Å². The topological polar surface area (TPSA) is 68.2 Å². The molecule has 2 N–H and O–H groups in total. The third kappa shape index (κ3) is 24.9. The Bertz CT molecular complexity index is 108. The minimum Gasteiger partial charge on any atom is -0.394 e. The van der Waals surface area contributed by atoms with E-state index in [9.17, 15) is 0 Å². The fraction of sp³-hybridized carbons (Fsp3) is 1.00. The van der Waals surface area contributed by atoms with Gasteiger partial charge in [0.25, 0.3) is 0 Å². The second-order valence-corrected chi connectivity index (χ2v) is 3.73. The van der Waals surface area contributed by atoms with E-state index < -0.39 is 0 Å². The van der Waals surface area contributed by atoms with Gasteiger partial charge in [0, 0.05) is 13.7 Å². The van der Waals surface area contributed by atoms with E-state index in [1.807, 2.05) is 0 Å². The molecule has 5 heteroatoms. The molecule has 0 aromatic heterocycles. The third-order valence-corrected chi connectivity index (χ3v) is 2.05. The molecule has 0 spiro atoms. The van der Waals surface area contributed by atoms with Gasteiger partial charge in [-0.3, -0.25) is 0 Å². The molecule has 0 fully saturated rings. The van der Waals surface area contributed by atoms with E-state index in [1.165, 1.54) is 19.3 Å². The van der Waals surface area contributed by atoms with Gasteiger partial charge in [-0.2, -0.15) is 0 Å². The molecule has 0 aliphatic carbocycles. The van der Waals surface area contributed by atoms with Crippen LogP contribution in [0.15, 0.2) is 0 Å². The molecule has 0 aliphatic heterocycles. The maximum absolute atomic E-state index is 8.34. The molecule has 0 atom stereocenters. The van der Waals surface area contributed by atoms with Crippen molar-refractivity contribution in [3.63, 3.8) is 0 Å². The van der Waals surface area contributed by atoms with Gasteiger partial charge in [-0.25, -0.2) is 0 Å². The first-order valence-corrected chi connectivity index (χ1v) is 6.69. The number of ether oxygens (including phenoxy) is 3. The van der Waals surface area contributed by atoms with Crippen LogP contribution in [0.4, 0.5) is 0 Å². The largest absolute Gasteiger partial charge is 0.394 e. The highest BCUT2D eigenvalue weighted by Crippen LogP contribution is 1.98. The summed E-state index contributed by atoms with van der Waals surface area (Å²) in [4.78, 5) is 0. The van der Waals surface area contributed by atoms with Crippen LogP contribution >= 0.6 is 0 Å². The summed E-state index contributed by atoms with van der Waals surface area (Å²) in [7, 11) is 1.61. The van der Waals surface area contributed by atoms with Gasteiger partial charge in [0.2, 0.25) is 0 Å². The summed E-state index contributed by atoms with van der Waals surface area (Å²) < 4.78 is 14.6. The average molecular weight is 266 g/mol. The minimum absolute atomic E-state index is 0.0870. The number of aliphatic hydroxyl groups excluding tert-OH is 2. The lowest BCUT2D eigenvalue weighted by molar-refractivity contribution is 0.0500. The van der Waals surface area contributed by atoms with Crippen LogP contribution in [0.3, 0.4) is 0 Å². The zero-order valence-corrected chi connectivity index (χ0v) is 11.9. The van der Waals surface area contributed by atoms with Crippen LogP contribution in [0.5, 0.6) is 0 Å². The molecule has 0 amide bonds. The Morgan fingerprint density at radius 3 is 1.83 bits per heavy atom. The highest BCUT2D eigenvalue weighted by molar-refractivity contribution is 4.38. The molecule has 0 aromatic rings. The molecule has 18 heavy (non-hydrogen) atoms. The second-order valence-electron chi connectivity index (χ2n) is 3.73. The maximum atomic E-state index is 8.34. The van der Waals surface area contributed by atoms with Gasteiger partial charge in [-0.15, -0.1) is 0 Å².